The summed E-state index contributed by atoms with van der Waals surface area (Å²) in [6.07, 6.45) is 0. The van der Waals surface area contributed by atoms with Gasteiger partial charge in [-0.25, -0.2) is 8.42 Å². The summed E-state index contributed by atoms with van der Waals surface area (Å²) in [4.78, 5) is -0.123. The first kappa shape index (κ1) is 14.2. The molecule has 0 N–H and O–H groups in total. The average molecular weight is 318 g/mol. The van der Waals surface area contributed by atoms with Crippen LogP contribution in [0, 0.1) is 13.8 Å². The molecule has 0 aliphatic rings. The molecule has 0 aliphatic heterocycles. The molecule has 3 nitrogen and oxygen atoms in total. The molecule has 1 rings (SSSR count). The van der Waals surface area contributed by atoms with Crippen LogP contribution >= 0.6 is 0 Å². The monoisotopic (exact) mass is 318 g/mol. The van der Waals surface area contributed by atoms with Crippen LogP contribution in [-0.2, 0) is 10.1 Å². The minimum absolute atomic E-state index is 0. The maximum atomic E-state index is 10.7. The Hall–Kier alpha value is 1.18. The molecular weight excluding hydrogens is 309 g/mol. The number of hydrogen-bond acceptors (Lipinski definition) is 3. The van der Waals surface area contributed by atoms with Crippen molar-refractivity contribution in [1.29, 1.82) is 0 Å². The van der Waals surface area contributed by atoms with E-state index in [4.69, 9.17) is 0 Å². The van der Waals surface area contributed by atoms with Crippen molar-refractivity contribution in [3.8, 4) is 0 Å². The molecular formula is C8H9CsO3S. The molecule has 0 spiro atoms. The van der Waals surface area contributed by atoms with Gasteiger partial charge in [-0.15, -0.1) is 0 Å². The molecule has 5 heteroatoms. The average Bonchev–Trinajstić information content (AvgIpc) is 1.92. The number of benzene rings is 1. The van der Waals surface area contributed by atoms with Crippen LogP contribution in [0.3, 0.4) is 0 Å². The largest absolute Gasteiger partial charge is 1.00 e. The molecule has 0 aliphatic carbocycles. The summed E-state index contributed by atoms with van der Waals surface area (Å²) in [5.74, 6) is 0. The van der Waals surface area contributed by atoms with E-state index in [1.165, 1.54) is 6.07 Å². The van der Waals surface area contributed by atoms with Gasteiger partial charge in [0.1, 0.15) is 10.1 Å². The van der Waals surface area contributed by atoms with E-state index in [0.29, 0.717) is 5.56 Å². The smallest absolute Gasteiger partial charge is 0.744 e. The fraction of sp³-hybridized carbons (Fsp3) is 0.250. The summed E-state index contributed by atoms with van der Waals surface area (Å²) in [5.41, 5.74) is 1.27. The SMILES string of the molecule is Cc1ccc(C)c(S(=O)(=O)[O-])c1.[Cs+]. The van der Waals surface area contributed by atoms with Gasteiger partial charge in [0, 0.05) is 0 Å². The van der Waals surface area contributed by atoms with Crippen molar-refractivity contribution in [3.05, 3.63) is 29.3 Å². The van der Waals surface area contributed by atoms with E-state index in [2.05, 4.69) is 0 Å². The topological polar surface area (TPSA) is 57.2 Å². The van der Waals surface area contributed by atoms with Gasteiger partial charge in [0.2, 0.25) is 0 Å². The molecule has 13 heavy (non-hydrogen) atoms. The molecule has 0 aromatic heterocycles. The summed E-state index contributed by atoms with van der Waals surface area (Å²) in [7, 11) is -4.31. The van der Waals surface area contributed by atoms with Gasteiger partial charge in [0.25, 0.3) is 0 Å². The number of aryl methyl sites for hydroxylation is 2. The molecule has 0 amide bonds. The van der Waals surface area contributed by atoms with Gasteiger partial charge in [-0.05, 0) is 31.0 Å². The predicted octanol–water partition coefficient (Wildman–Crippen LogP) is -1.79. The van der Waals surface area contributed by atoms with Crippen molar-refractivity contribution < 1.29 is 81.9 Å². The van der Waals surface area contributed by atoms with E-state index in [1.54, 1.807) is 26.0 Å². The molecule has 1 aromatic rings. The van der Waals surface area contributed by atoms with E-state index in [9.17, 15) is 13.0 Å². The van der Waals surface area contributed by atoms with E-state index >= 15 is 0 Å². The molecule has 0 saturated heterocycles. The Morgan fingerprint density at radius 3 is 2.15 bits per heavy atom. The Kier molecular flexibility index (Phi) is 5.80. The molecule has 0 heterocycles. The van der Waals surface area contributed by atoms with Gasteiger partial charge in [0.05, 0.1) is 4.90 Å². The second-order valence-corrected chi connectivity index (χ2v) is 4.07. The molecule has 0 bridgehead atoms. The maximum absolute atomic E-state index is 10.7. The van der Waals surface area contributed by atoms with Crippen molar-refractivity contribution in [2.75, 3.05) is 0 Å². The van der Waals surface area contributed by atoms with Gasteiger partial charge in [0.15, 0.2) is 0 Å². The normalized spacial score (nSPS) is 10.7. The Bertz CT molecular complexity index is 398. The summed E-state index contributed by atoms with van der Waals surface area (Å²) < 4.78 is 32.0. The summed E-state index contributed by atoms with van der Waals surface area (Å²) in [5, 5.41) is 0. The summed E-state index contributed by atoms with van der Waals surface area (Å²) in [6.45, 7) is 3.35. The van der Waals surface area contributed by atoms with Crippen LogP contribution in [0.4, 0.5) is 0 Å². The standard InChI is InChI=1S/C8H10O3S.Cs/c1-6-3-4-7(2)8(5-6)12(9,10)11;/h3-5H,1-2H3,(H,9,10,11);/q;+1/p-1. The Morgan fingerprint density at radius 2 is 1.77 bits per heavy atom. The zero-order valence-corrected chi connectivity index (χ0v) is 15.0. The van der Waals surface area contributed by atoms with Crippen molar-refractivity contribution in [1.82, 2.24) is 0 Å². The molecule has 0 unspecified atom stereocenters. The third kappa shape index (κ3) is 4.05. The molecule has 0 saturated carbocycles. The van der Waals surface area contributed by atoms with Crippen molar-refractivity contribution in [2.45, 2.75) is 18.7 Å². The first-order chi connectivity index (χ1) is 5.41. The van der Waals surface area contributed by atoms with E-state index in [0.717, 1.165) is 5.56 Å². The zero-order valence-electron chi connectivity index (χ0n) is 7.87. The predicted molar refractivity (Wildman–Crippen MR) is 43.9 cm³/mol. The maximum Gasteiger partial charge on any atom is 1.00 e. The first-order valence-corrected chi connectivity index (χ1v) is 4.85. The Labute approximate surface area is 137 Å². The second kappa shape index (κ2) is 5.32. The minimum atomic E-state index is -4.31. The molecule has 0 radical (unpaired) electrons. The number of hydrogen-bond donors (Lipinski definition) is 0. The van der Waals surface area contributed by atoms with Crippen LogP contribution in [0.2, 0.25) is 0 Å². The third-order valence-corrected chi connectivity index (χ3v) is 2.59. The summed E-state index contributed by atoms with van der Waals surface area (Å²) >= 11 is 0. The third-order valence-electron chi connectivity index (χ3n) is 1.61. The van der Waals surface area contributed by atoms with Gasteiger partial charge in [-0.1, -0.05) is 12.1 Å². The van der Waals surface area contributed by atoms with E-state index in [1.807, 2.05) is 0 Å². The van der Waals surface area contributed by atoms with Crippen LogP contribution in [0.1, 0.15) is 11.1 Å². The number of rotatable bonds is 1. The Balaban J connectivity index is 0.00000144. The minimum Gasteiger partial charge on any atom is -0.744 e. The van der Waals surface area contributed by atoms with Gasteiger partial charge in [-0.3, -0.25) is 0 Å². The zero-order chi connectivity index (χ0) is 9.35. The van der Waals surface area contributed by atoms with E-state index < -0.39 is 10.1 Å². The van der Waals surface area contributed by atoms with Gasteiger partial charge < -0.3 is 4.55 Å². The molecule has 0 fully saturated rings. The van der Waals surface area contributed by atoms with Gasteiger partial charge >= 0.3 is 68.9 Å². The van der Waals surface area contributed by atoms with Crippen LogP contribution < -0.4 is 68.9 Å². The second-order valence-electron chi connectivity index (χ2n) is 2.72. The van der Waals surface area contributed by atoms with E-state index in [-0.39, 0.29) is 73.8 Å². The molecule has 66 valence electrons. The molecule has 1 aromatic carbocycles. The van der Waals surface area contributed by atoms with Crippen molar-refractivity contribution in [3.63, 3.8) is 0 Å². The quantitative estimate of drug-likeness (QED) is 0.575. The first-order valence-electron chi connectivity index (χ1n) is 3.44. The molecule has 0 atom stereocenters. The fourth-order valence-corrected chi connectivity index (χ4v) is 1.77. The van der Waals surface area contributed by atoms with Crippen LogP contribution in [0.15, 0.2) is 23.1 Å². The van der Waals surface area contributed by atoms with Crippen molar-refractivity contribution in [2.24, 2.45) is 0 Å². The summed E-state index contributed by atoms with van der Waals surface area (Å²) in [6, 6.07) is 4.78. The fourth-order valence-electron chi connectivity index (χ4n) is 0.977. The van der Waals surface area contributed by atoms with Gasteiger partial charge in [-0.2, -0.15) is 0 Å². The van der Waals surface area contributed by atoms with Crippen LogP contribution in [-0.4, -0.2) is 13.0 Å². The van der Waals surface area contributed by atoms with Crippen LogP contribution in [0.5, 0.6) is 0 Å². The van der Waals surface area contributed by atoms with Crippen LogP contribution in [0.25, 0.3) is 0 Å². The van der Waals surface area contributed by atoms with Crippen molar-refractivity contribution >= 4 is 10.1 Å². The Morgan fingerprint density at radius 1 is 1.23 bits per heavy atom.